The molecule has 1 unspecified atom stereocenters. The summed E-state index contributed by atoms with van der Waals surface area (Å²) in [6, 6.07) is 4.12. The van der Waals surface area contributed by atoms with Crippen LogP contribution in [-0.2, 0) is 9.59 Å². The molecule has 1 atom stereocenters. The van der Waals surface area contributed by atoms with Crippen molar-refractivity contribution in [1.82, 2.24) is 5.32 Å². The number of carboxylic acid groups (broad SMARTS) is 1. The second-order valence-corrected chi connectivity index (χ2v) is 3.03. The molecule has 0 aliphatic carbocycles. The molecule has 0 aliphatic heterocycles. The van der Waals surface area contributed by atoms with Gasteiger partial charge in [-0.05, 0) is 19.2 Å². The van der Waals surface area contributed by atoms with Crippen molar-refractivity contribution in [1.29, 1.82) is 0 Å². The molecule has 0 spiro atoms. The lowest BCUT2D eigenvalue weighted by molar-refractivity contribution is -0.142. The lowest BCUT2D eigenvalue weighted by Crippen LogP contribution is -2.44. The fourth-order valence-electron chi connectivity index (χ4n) is 1.13. The van der Waals surface area contributed by atoms with Crippen molar-refractivity contribution in [2.75, 3.05) is 12.4 Å². The molecule has 1 amide bonds. The molecule has 0 fully saturated rings. The molecule has 0 heterocycles. The number of likely N-dealkylation sites (N-methyl/N-ethyl adjacent to an activating group) is 1. The summed E-state index contributed by atoms with van der Waals surface area (Å²) in [4.78, 5) is 22.0. The van der Waals surface area contributed by atoms with Crippen molar-refractivity contribution in [3.63, 3.8) is 0 Å². The summed E-state index contributed by atoms with van der Waals surface area (Å²) in [7, 11) is 1.33. The maximum absolute atomic E-state index is 13.1. The number of carboxylic acids is 1. The summed E-state index contributed by atoms with van der Waals surface area (Å²) in [5.41, 5.74) is -0.0472. The molecule has 0 bridgehead atoms. The molecule has 1 aromatic rings. The number of nitrogens with one attached hydrogen (secondary N) is 2. The maximum atomic E-state index is 13.1. The lowest BCUT2D eigenvalue weighted by atomic mass is 10.2. The van der Waals surface area contributed by atoms with Gasteiger partial charge in [0.1, 0.15) is 5.82 Å². The van der Waals surface area contributed by atoms with Crippen LogP contribution in [-0.4, -0.2) is 30.1 Å². The van der Waals surface area contributed by atoms with Crippen LogP contribution < -0.4 is 10.6 Å². The number of anilines is 1. The lowest BCUT2D eigenvalue weighted by Gasteiger charge is -2.11. The summed E-state index contributed by atoms with van der Waals surface area (Å²) in [6.45, 7) is 0. The Morgan fingerprint density at radius 3 is 2.50 bits per heavy atom. The highest BCUT2D eigenvalue weighted by molar-refractivity contribution is 6.07. The van der Waals surface area contributed by atoms with Crippen LogP contribution in [0, 0.1) is 5.82 Å². The molecule has 6 heteroatoms. The molecule has 3 N–H and O–H groups in total. The molecule has 1 rings (SSSR count). The molecule has 1 aromatic carbocycles. The van der Waals surface area contributed by atoms with Gasteiger partial charge in [-0.1, -0.05) is 12.1 Å². The third-order valence-corrected chi connectivity index (χ3v) is 1.93. The highest BCUT2D eigenvalue weighted by atomic mass is 19.1. The summed E-state index contributed by atoms with van der Waals surface area (Å²) < 4.78 is 13.1. The Balaban J connectivity index is 2.78. The molecule has 86 valence electrons. The topological polar surface area (TPSA) is 78.4 Å². The van der Waals surface area contributed by atoms with Crippen LogP contribution in [0.5, 0.6) is 0 Å². The number of halogens is 1. The van der Waals surface area contributed by atoms with Crippen molar-refractivity contribution in [2.45, 2.75) is 6.04 Å². The van der Waals surface area contributed by atoms with E-state index in [1.54, 1.807) is 0 Å². The third-order valence-electron chi connectivity index (χ3n) is 1.93. The van der Waals surface area contributed by atoms with Gasteiger partial charge in [0.05, 0.1) is 5.69 Å². The van der Waals surface area contributed by atoms with Crippen molar-refractivity contribution in [3.8, 4) is 0 Å². The average molecular weight is 226 g/mol. The van der Waals surface area contributed by atoms with E-state index in [9.17, 15) is 14.0 Å². The largest absolute Gasteiger partial charge is 0.480 e. The van der Waals surface area contributed by atoms with E-state index < -0.39 is 23.7 Å². The quantitative estimate of drug-likeness (QED) is 0.651. The monoisotopic (exact) mass is 226 g/mol. The first-order valence-electron chi connectivity index (χ1n) is 4.51. The van der Waals surface area contributed by atoms with Gasteiger partial charge >= 0.3 is 5.97 Å². The van der Waals surface area contributed by atoms with E-state index >= 15 is 0 Å². The van der Waals surface area contributed by atoms with Crippen molar-refractivity contribution < 1.29 is 19.1 Å². The second-order valence-electron chi connectivity index (χ2n) is 3.03. The van der Waals surface area contributed by atoms with Gasteiger partial charge in [0, 0.05) is 0 Å². The number of hydrogen-bond acceptors (Lipinski definition) is 3. The molecule has 16 heavy (non-hydrogen) atoms. The molecule has 5 nitrogen and oxygen atoms in total. The minimum absolute atomic E-state index is 0.0472. The summed E-state index contributed by atoms with van der Waals surface area (Å²) in [5, 5.41) is 13.2. The van der Waals surface area contributed by atoms with Crippen LogP contribution in [0.25, 0.3) is 0 Å². The number of rotatable bonds is 4. The molecule has 0 aliphatic rings. The van der Waals surface area contributed by atoms with E-state index in [1.807, 2.05) is 0 Å². The van der Waals surface area contributed by atoms with Crippen molar-refractivity contribution >= 4 is 17.6 Å². The average Bonchev–Trinajstić information content (AvgIpc) is 2.22. The fraction of sp³-hybridized carbons (Fsp3) is 0.200. The van der Waals surface area contributed by atoms with Crippen LogP contribution in [0.4, 0.5) is 10.1 Å². The van der Waals surface area contributed by atoms with E-state index in [-0.39, 0.29) is 5.69 Å². The molecule has 0 saturated heterocycles. The van der Waals surface area contributed by atoms with E-state index in [0.717, 1.165) is 0 Å². The smallest absolute Gasteiger partial charge is 0.330 e. The van der Waals surface area contributed by atoms with Gasteiger partial charge in [-0.25, -0.2) is 9.18 Å². The number of carbonyl (C=O) groups is 2. The number of aliphatic carboxylic acids is 1. The fourth-order valence-corrected chi connectivity index (χ4v) is 1.13. The molecular weight excluding hydrogens is 215 g/mol. The number of benzene rings is 1. The summed E-state index contributed by atoms with van der Waals surface area (Å²) in [6.07, 6.45) is 0. The van der Waals surface area contributed by atoms with Crippen LogP contribution in [0.15, 0.2) is 24.3 Å². The number of carbonyl (C=O) groups excluding carboxylic acids is 1. The minimum Gasteiger partial charge on any atom is -0.480 e. The van der Waals surface area contributed by atoms with Crippen molar-refractivity contribution in [2.24, 2.45) is 0 Å². The first kappa shape index (κ1) is 12.1. The van der Waals surface area contributed by atoms with E-state index in [2.05, 4.69) is 10.6 Å². The zero-order chi connectivity index (χ0) is 12.1. The van der Waals surface area contributed by atoms with E-state index in [1.165, 1.54) is 31.3 Å². The number of amides is 1. The summed E-state index contributed by atoms with van der Waals surface area (Å²) in [5.74, 6) is -2.76. The standard InChI is InChI=1S/C10H11FN2O3/c1-12-8(10(15)16)9(14)13-7-5-3-2-4-6(7)11/h2-5,8,12H,1H3,(H,13,14)(H,15,16). The Labute approximate surface area is 91.3 Å². The van der Waals surface area contributed by atoms with Crippen molar-refractivity contribution in [3.05, 3.63) is 30.1 Å². The molecule has 0 saturated carbocycles. The van der Waals surface area contributed by atoms with Gasteiger partial charge in [-0.15, -0.1) is 0 Å². The Bertz CT molecular complexity index is 409. The number of hydrogen-bond donors (Lipinski definition) is 3. The molecule has 0 radical (unpaired) electrons. The first-order chi connectivity index (χ1) is 7.56. The zero-order valence-electron chi connectivity index (χ0n) is 8.53. The van der Waals surface area contributed by atoms with Gasteiger partial charge in [-0.3, -0.25) is 10.1 Å². The Kier molecular flexibility index (Phi) is 3.96. The van der Waals surface area contributed by atoms with Crippen LogP contribution >= 0.6 is 0 Å². The van der Waals surface area contributed by atoms with Crippen LogP contribution in [0.1, 0.15) is 0 Å². The van der Waals surface area contributed by atoms with Gasteiger partial charge < -0.3 is 10.4 Å². The predicted octanol–water partition coefficient (Wildman–Crippen LogP) is 0.437. The van der Waals surface area contributed by atoms with Gasteiger partial charge in [0.15, 0.2) is 6.04 Å². The first-order valence-corrected chi connectivity index (χ1v) is 4.51. The van der Waals surface area contributed by atoms with E-state index in [0.29, 0.717) is 0 Å². The Hall–Kier alpha value is -1.95. The highest BCUT2D eigenvalue weighted by Gasteiger charge is 2.24. The number of para-hydroxylation sites is 1. The van der Waals surface area contributed by atoms with Gasteiger partial charge in [0.25, 0.3) is 5.91 Å². The second kappa shape index (κ2) is 5.22. The van der Waals surface area contributed by atoms with Gasteiger partial charge in [-0.2, -0.15) is 0 Å². The van der Waals surface area contributed by atoms with E-state index in [4.69, 9.17) is 5.11 Å². The van der Waals surface area contributed by atoms with Crippen LogP contribution in [0.3, 0.4) is 0 Å². The van der Waals surface area contributed by atoms with Gasteiger partial charge in [0.2, 0.25) is 0 Å². The third kappa shape index (κ3) is 2.77. The minimum atomic E-state index is -1.40. The van der Waals surface area contributed by atoms with Crippen LogP contribution in [0.2, 0.25) is 0 Å². The highest BCUT2D eigenvalue weighted by Crippen LogP contribution is 2.12. The zero-order valence-corrected chi connectivity index (χ0v) is 8.53. The molecular formula is C10H11FN2O3. The molecule has 0 aromatic heterocycles. The Morgan fingerprint density at radius 1 is 1.38 bits per heavy atom. The Morgan fingerprint density at radius 2 is 2.00 bits per heavy atom. The SMILES string of the molecule is CNC(C(=O)O)C(=O)Nc1ccccc1F. The maximum Gasteiger partial charge on any atom is 0.330 e. The predicted molar refractivity (Wildman–Crippen MR) is 55.5 cm³/mol. The summed E-state index contributed by atoms with van der Waals surface area (Å²) >= 11 is 0. The normalized spacial score (nSPS) is 11.9.